The van der Waals surface area contributed by atoms with Gasteiger partial charge in [0.15, 0.2) is 0 Å². The van der Waals surface area contributed by atoms with Crippen LogP contribution in [-0.2, 0) is 0 Å². The number of hydrogen-bond donors (Lipinski definition) is 2. The number of rotatable bonds is 4. The normalized spacial score (nSPS) is 30.1. The van der Waals surface area contributed by atoms with E-state index in [9.17, 15) is 5.11 Å². The first-order valence-electron chi connectivity index (χ1n) is 7.11. The Morgan fingerprint density at radius 3 is 2.61 bits per heavy atom. The first kappa shape index (κ1) is 13.6. The van der Waals surface area contributed by atoms with E-state index in [1.807, 2.05) is 6.92 Å². The zero-order valence-electron chi connectivity index (χ0n) is 11.5. The Hall–Kier alpha value is -0.860. The molecule has 0 aliphatic heterocycles. The van der Waals surface area contributed by atoms with Crippen LogP contribution in [0.3, 0.4) is 0 Å². The highest BCUT2D eigenvalue weighted by molar-refractivity contribution is 5.20. The number of nitrogens with one attached hydrogen (secondary N) is 1. The minimum atomic E-state index is -0.252. The van der Waals surface area contributed by atoms with Gasteiger partial charge in [0.05, 0.1) is 6.10 Å². The Morgan fingerprint density at radius 2 is 1.94 bits per heavy atom. The number of benzene rings is 1. The molecule has 2 rings (SSSR count). The van der Waals surface area contributed by atoms with Gasteiger partial charge in [0.1, 0.15) is 0 Å². The monoisotopic (exact) mass is 247 g/mol. The third-order valence-electron chi connectivity index (χ3n) is 3.92. The van der Waals surface area contributed by atoms with Crippen molar-refractivity contribution in [3.8, 4) is 0 Å². The van der Waals surface area contributed by atoms with Gasteiger partial charge in [0.25, 0.3) is 0 Å². The van der Waals surface area contributed by atoms with Gasteiger partial charge < -0.3 is 10.4 Å². The molecule has 1 aromatic carbocycles. The highest BCUT2D eigenvalue weighted by atomic mass is 16.3. The van der Waals surface area contributed by atoms with Crippen molar-refractivity contribution in [2.45, 2.75) is 51.2 Å². The van der Waals surface area contributed by atoms with Crippen molar-refractivity contribution < 1.29 is 5.11 Å². The van der Waals surface area contributed by atoms with Crippen LogP contribution >= 0.6 is 0 Å². The standard InChI is InChI=1S/C16H25NO/c1-12-8-15(14-6-4-3-5-7-14)10-16(9-12)17-11-13(2)18/h3-7,12-13,15-18H,8-11H2,1-2H3. The molecule has 0 bridgehead atoms. The van der Waals surface area contributed by atoms with Gasteiger partial charge in [0, 0.05) is 12.6 Å². The first-order valence-corrected chi connectivity index (χ1v) is 7.11. The summed E-state index contributed by atoms with van der Waals surface area (Å²) in [4.78, 5) is 0. The quantitative estimate of drug-likeness (QED) is 0.857. The van der Waals surface area contributed by atoms with Crippen LogP contribution in [0.1, 0.15) is 44.6 Å². The van der Waals surface area contributed by atoms with E-state index in [0.29, 0.717) is 18.5 Å². The van der Waals surface area contributed by atoms with Crippen LogP contribution < -0.4 is 5.32 Å². The molecule has 4 unspecified atom stereocenters. The fourth-order valence-corrected chi connectivity index (χ4v) is 3.10. The molecule has 0 radical (unpaired) electrons. The molecule has 2 nitrogen and oxygen atoms in total. The van der Waals surface area contributed by atoms with Gasteiger partial charge in [0.2, 0.25) is 0 Å². The van der Waals surface area contributed by atoms with Gasteiger partial charge >= 0.3 is 0 Å². The minimum absolute atomic E-state index is 0.252. The van der Waals surface area contributed by atoms with Gasteiger partial charge in [-0.25, -0.2) is 0 Å². The molecule has 2 heteroatoms. The van der Waals surface area contributed by atoms with E-state index in [2.05, 4.69) is 42.6 Å². The molecule has 0 amide bonds. The maximum atomic E-state index is 9.37. The van der Waals surface area contributed by atoms with E-state index in [1.165, 1.54) is 24.8 Å². The van der Waals surface area contributed by atoms with Crippen molar-refractivity contribution in [3.63, 3.8) is 0 Å². The molecule has 1 saturated carbocycles. The van der Waals surface area contributed by atoms with Gasteiger partial charge in [-0.05, 0) is 43.6 Å². The predicted molar refractivity (Wildman–Crippen MR) is 75.7 cm³/mol. The lowest BCUT2D eigenvalue weighted by Gasteiger charge is -2.34. The zero-order chi connectivity index (χ0) is 13.0. The Labute approximate surface area is 110 Å². The zero-order valence-corrected chi connectivity index (χ0v) is 11.5. The molecule has 100 valence electrons. The summed E-state index contributed by atoms with van der Waals surface area (Å²) in [5.41, 5.74) is 1.47. The molecule has 2 N–H and O–H groups in total. The van der Waals surface area contributed by atoms with Crippen LogP contribution in [0.5, 0.6) is 0 Å². The van der Waals surface area contributed by atoms with Gasteiger partial charge in [-0.1, -0.05) is 37.3 Å². The molecule has 0 spiro atoms. The third-order valence-corrected chi connectivity index (χ3v) is 3.92. The lowest BCUT2D eigenvalue weighted by atomic mass is 9.76. The summed E-state index contributed by atoms with van der Waals surface area (Å²) < 4.78 is 0. The molecule has 0 saturated heterocycles. The van der Waals surface area contributed by atoms with Crippen LogP contribution in [0.15, 0.2) is 30.3 Å². The summed E-state index contributed by atoms with van der Waals surface area (Å²) in [5.74, 6) is 1.43. The van der Waals surface area contributed by atoms with E-state index in [4.69, 9.17) is 0 Å². The van der Waals surface area contributed by atoms with Crippen molar-refractivity contribution >= 4 is 0 Å². The Morgan fingerprint density at radius 1 is 1.22 bits per heavy atom. The second-order valence-electron chi connectivity index (χ2n) is 5.87. The Balaban J connectivity index is 1.96. The summed E-state index contributed by atoms with van der Waals surface area (Å²) in [6.07, 6.45) is 3.46. The Kier molecular flexibility index (Phi) is 4.79. The average molecular weight is 247 g/mol. The van der Waals surface area contributed by atoms with E-state index >= 15 is 0 Å². The molecule has 1 aliphatic carbocycles. The molecule has 4 atom stereocenters. The molecule has 1 aliphatic rings. The predicted octanol–water partition coefficient (Wildman–Crippen LogP) is 2.93. The molecule has 1 fully saturated rings. The summed E-state index contributed by atoms with van der Waals surface area (Å²) in [6, 6.07) is 11.4. The fraction of sp³-hybridized carbons (Fsp3) is 0.625. The SMILES string of the molecule is CC(O)CNC1CC(C)CC(c2ccccc2)C1. The number of aliphatic hydroxyl groups is 1. The molecule has 0 heterocycles. The summed E-state index contributed by atoms with van der Waals surface area (Å²) in [5, 5.41) is 12.9. The van der Waals surface area contributed by atoms with E-state index in [-0.39, 0.29) is 6.10 Å². The number of aliphatic hydroxyl groups excluding tert-OH is 1. The largest absolute Gasteiger partial charge is 0.392 e. The fourth-order valence-electron chi connectivity index (χ4n) is 3.10. The van der Waals surface area contributed by atoms with E-state index < -0.39 is 0 Å². The maximum absolute atomic E-state index is 9.37. The second kappa shape index (κ2) is 6.35. The van der Waals surface area contributed by atoms with Gasteiger partial charge in [-0.3, -0.25) is 0 Å². The van der Waals surface area contributed by atoms with Crippen molar-refractivity contribution in [2.75, 3.05) is 6.54 Å². The smallest absolute Gasteiger partial charge is 0.0636 e. The van der Waals surface area contributed by atoms with Crippen LogP contribution in [-0.4, -0.2) is 23.8 Å². The lowest BCUT2D eigenvalue weighted by Crippen LogP contribution is -2.39. The summed E-state index contributed by atoms with van der Waals surface area (Å²) >= 11 is 0. The second-order valence-corrected chi connectivity index (χ2v) is 5.87. The highest BCUT2D eigenvalue weighted by Gasteiger charge is 2.27. The summed E-state index contributed by atoms with van der Waals surface area (Å²) in [6.45, 7) is 4.89. The topological polar surface area (TPSA) is 32.3 Å². The van der Waals surface area contributed by atoms with Crippen LogP contribution in [0.25, 0.3) is 0 Å². The molecule has 1 aromatic rings. The van der Waals surface area contributed by atoms with Crippen LogP contribution in [0.2, 0.25) is 0 Å². The maximum Gasteiger partial charge on any atom is 0.0636 e. The lowest BCUT2D eigenvalue weighted by molar-refractivity contribution is 0.174. The molecule has 0 aromatic heterocycles. The first-order chi connectivity index (χ1) is 8.65. The number of hydrogen-bond acceptors (Lipinski definition) is 2. The summed E-state index contributed by atoms with van der Waals surface area (Å²) in [7, 11) is 0. The van der Waals surface area contributed by atoms with Crippen LogP contribution in [0, 0.1) is 5.92 Å². The van der Waals surface area contributed by atoms with Crippen molar-refractivity contribution in [2.24, 2.45) is 5.92 Å². The van der Waals surface area contributed by atoms with E-state index in [1.54, 1.807) is 0 Å². The average Bonchev–Trinajstić information content (AvgIpc) is 2.37. The van der Waals surface area contributed by atoms with Crippen LogP contribution in [0.4, 0.5) is 0 Å². The highest BCUT2D eigenvalue weighted by Crippen LogP contribution is 2.35. The van der Waals surface area contributed by atoms with Crippen molar-refractivity contribution in [3.05, 3.63) is 35.9 Å². The van der Waals surface area contributed by atoms with Crippen molar-refractivity contribution in [1.82, 2.24) is 5.32 Å². The van der Waals surface area contributed by atoms with E-state index in [0.717, 1.165) is 5.92 Å². The molecular weight excluding hydrogens is 222 g/mol. The molecule has 18 heavy (non-hydrogen) atoms. The van der Waals surface area contributed by atoms with Crippen molar-refractivity contribution in [1.29, 1.82) is 0 Å². The molecular formula is C16H25NO. The van der Waals surface area contributed by atoms with Gasteiger partial charge in [-0.15, -0.1) is 0 Å². The third kappa shape index (κ3) is 3.82. The van der Waals surface area contributed by atoms with Gasteiger partial charge in [-0.2, -0.15) is 0 Å². The Bertz CT molecular complexity index is 349. The minimum Gasteiger partial charge on any atom is -0.392 e.